The largest absolute Gasteiger partial charge is 0.208 e. The maximum Gasteiger partial charge on any atom is 0.170 e. The molecular formula is C28H31F5. The van der Waals surface area contributed by atoms with Crippen molar-refractivity contribution in [1.82, 2.24) is 0 Å². The highest BCUT2D eigenvalue weighted by Gasteiger charge is 2.29. The topological polar surface area (TPSA) is 0 Å². The molecule has 0 aromatic heterocycles. The van der Waals surface area contributed by atoms with E-state index in [2.05, 4.69) is 6.08 Å². The molecule has 2 aromatic rings. The van der Waals surface area contributed by atoms with Crippen LogP contribution in [-0.2, 0) is 6.42 Å². The number of halogens is 5. The van der Waals surface area contributed by atoms with Crippen LogP contribution in [0.2, 0.25) is 0 Å². The Bertz CT molecular complexity index is 1060. The molecule has 1 aliphatic rings. The summed E-state index contributed by atoms with van der Waals surface area (Å²) in [7, 11) is 0. The summed E-state index contributed by atoms with van der Waals surface area (Å²) in [4.78, 5) is 0. The summed E-state index contributed by atoms with van der Waals surface area (Å²) >= 11 is 0. The van der Waals surface area contributed by atoms with Gasteiger partial charge in [0.05, 0.1) is 10.9 Å². The zero-order valence-electron chi connectivity index (χ0n) is 19.2. The molecule has 0 saturated heterocycles. The van der Waals surface area contributed by atoms with Crippen LogP contribution in [0.5, 0.6) is 0 Å². The van der Waals surface area contributed by atoms with Crippen molar-refractivity contribution in [2.75, 3.05) is 0 Å². The van der Waals surface area contributed by atoms with Crippen LogP contribution in [-0.4, -0.2) is 0 Å². The average Bonchev–Trinajstić information content (AvgIpc) is 2.82. The molecule has 0 atom stereocenters. The van der Waals surface area contributed by atoms with E-state index in [-0.39, 0.29) is 10.9 Å². The van der Waals surface area contributed by atoms with Gasteiger partial charge in [0, 0.05) is 5.92 Å². The van der Waals surface area contributed by atoms with Gasteiger partial charge in [0.2, 0.25) is 0 Å². The van der Waals surface area contributed by atoms with E-state index in [1.807, 2.05) is 32.1 Å². The fraction of sp³-hybridized carbons (Fsp3) is 0.429. The minimum atomic E-state index is -1.56. The number of benzene rings is 2. The molecule has 0 heterocycles. The first-order valence-corrected chi connectivity index (χ1v) is 11.8. The molecule has 5 heteroatoms. The minimum Gasteiger partial charge on any atom is -0.208 e. The Kier molecular flexibility index (Phi) is 8.87. The summed E-state index contributed by atoms with van der Waals surface area (Å²) in [6, 6.07) is 3.91. The fourth-order valence-corrected chi connectivity index (χ4v) is 4.69. The van der Waals surface area contributed by atoms with Crippen LogP contribution < -0.4 is 0 Å². The highest BCUT2D eigenvalue weighted by Crippen LogP contribution is 2.40. The number of hydrogen-bond acceptors (Lipinski definition) is 0. The van der Waals surface area contributed by atoms with Crippen molar-refractivity contribution in [2.24, 2.45) is 11.8 Å². The molecule has 0 bridgehead atoms. The van der Waals surface area contributed by atoms with Gasteiger partial charge in [0.15, 0.2) is 17.5 Å². The Morgan fingerprint density at radius 3 is 2.21 bits per heavy atom. The molecule has 1 fully saturated rings. The quantitative estimate of drug-likeness (QED) is 0.271. The maximum atomic E-state index is 15.0. The number of aryl methyl sites for hydroxylation is 1. The van der Waals surface area contributed by atoms with Gasteiger partial charge in [0.25, 0.3) is 0 Å². The molecule has 33 heavy (non-hydrogen) atoms. The Morgan fingerprint density at radius 2 is 1.55 bits per heavy atom. The highest BCUT2D eigenvalue weighted by molar-refractivity contribution is 5.88. The number of rotatable bonds is 8. The van der Waals surface area contributed by atoms with Crippen molar-refractivity contribution >= 4 is 16.6 Å². The fourth-order valence-electron chi connectivity index (χ4n) is 4.69. The minimum absolute atomic E-state index is 0.00632. The van der Waals surface area contributed by atoms with E-state index in [1.54, 1.807) is 0 Å². The van der Waals surface area contributed by atoms with Crippen molar-refractivity contribution in [3.05, 3.63) is 76.9 Å². The Morgan fingerprint density at radius 1 is 0.879 bits per heavy atom. The SMILES string of the molecule is C/C=C/CCc1ccc2cc(C(F)=C(F)C3CCC(CC/C=C/C)CC3)c(F)c(F)c2c1F. The van der Waals surface area contributed by atoms with Crippen LogP contribution in [0.25, 0.3) is 16.6 Å². The zero-order valence-corrected chi connectivity index (χ0v) is 19.2. The Labute approximate surface area is 192 Å². The molecular weight excluding hydrogens is 431 g/mol. The van der Waals surface area contributed by atoms with Gasteiger partial charge in [-0.1, -0.05) is 36.4 Å². The van der Waals surface area contributed by atoms with E-state index in [0.29, 0.717) is 31.6 Å². The molecule has 0 amide bonds. The molecule has 178 valence electrons. The molecule has 2 aromatic carbocycles. The van der Waals surface area contributed by atoms with E-state index in [1.165, 1.54) is 12.1 Å². The third-order valence-electron chi connectivity index (χ3n) is 6.65. The van der Waals surface area contributed by atoms with Crippen molar-refractivity contribution in [3.8, 4) is 0 Å². The Hall–Kier alpha value is -2.43. The van der Waals surface area contributed by atoms with Crippen LogP contribution in [0, 0.1) is 29.3 Å². The normalized spacial score (nSPS) is 20.2. The van der Waals surface area contributed by atoms with Crippen LogP contribution in [0.4, 0.5) is 22.0 Å². The van der Waals surface area contributed by atoms with Crippen molar-refractivity contribution in [3.63, 3.8) is 0 Å². The van der Waals surface area contributed by atoms with Gasteiger partial charge in [0.1, 0.15) is 11.6 Å². The lowest BCUT2D eigenvalue weighted by molar-refractivity contribution is 0.263. The second kappa shape index (κ2) is 11.6. The summed E-state index contributed by atoms with van der Waals surface area (Å²) in [6.45, 7) is 3.80. The molecule has 1 aliphatic carbocycles. The molecule has 0 spiro atoms. The maximum absolute atomic E-state index is 15.0. The van der Waals surface area contributed by atoms with Gasteiger partial charge in [-0.05, 0) is 88.1 Å². The van der Waals surface area contributed by atoms with Gasteiger partial charge >= 0.3 is 0 Å². The van der Waals surface area contributed by atoms with Crippen LogP contribution >= 0.6 is 0 Å². The standard InChI is InChI=1S/C28H31F5/c1-3-5-7-9-18-11-13-20(14-12-18)25(30)26(31)22-17-21-16-15-19(10-8-6-4-2)24(29)23(21)28(33)27(22)32/h3-6,15-18,20H,7-14H2,1-2H3/b5-3+,6-4+,26-25?. The first-order chi connectivity index (χ1) is 15.9. The summed E-state index contributed by atoms with van der Waals surface area (Å²) in [5.74, 6) is -6.50. The number of allylic oxidation sites excluding steroid dienone is 5. The second-order valence-corrected chi connectivity index (χ2v) is 8.82. The van der Waals surface area contributed by atoms with Gasteiger partial charge < -0.3 is 0 Å². The summed E-state index contributed by atoms with van der Waals surface area (Å²) in [6.07, 6.45) is 13.1. The van der Waals surface area contributed by atoms with Crippen LogP contribution in [0.3, 0.4) is 0 Å². The zero-order chi connectivity index (χ0) is 24.0. The van der Waals surface area contributed by atoms with Crippen molar-refractivity contribution in [1.29, 1.82) is 0 Å². The van der Waals surface area contributed by atoms with Crippen LogP contribution in [0.15, 0.2) is 48.3 Å². The molecule has 1 saturated carbocycles. The van der Waals surface area contributed by atoms with Gasteiger partial charge in [-0.25, -0.2) is 22.0 Å². The lowest BCUT2D eigenvalue weighted by Gasteiger charge is -2.27. The van der Waals surface area contributed by atoms with Crippen LogP contribution in [0.1, 0.15) is 69.9 Å². The van der Waals surface area contributed by atoms with E-state index in [0.717, 1.165) is 31.7 Å². The monoisotopic (exact) mass is 462 g/mol. The first kappa shape index (κ1) is 25.2. The molecule has 3 rings (SSSR count). The number of hydrogen-bond donors (Lipinski definition) is 0. The lowest BCUT2D eigenvalue weighted by atomic mass is 9.79. The summed E-state index contributed by atoms with van der Waals surface area (Å²) < 4.78 is 74.4. The van der Waals surface area contributed by atoms with Gasteiger partial charge in [-0.2, -0.15) is 0 Å². The van der Waals surface area contributed by atoms with E-state index in [9.17, 15) is 17.6 Å². The second-order valence-electron chi connectivity index (χ2n) is 8.82. The van der Waals surface area contributed by atoms with Crippen molar-refractivity contribution in [2.45, 2.75) is 65.2 Å². The smallest absolute Gasteiger partial charge is 0.170 e. The highest BCUT2D eigenvalue weighted by atomic mass is 19.2. The number of fused-ring (bicyclic) bond motifs is 1. The summed E-state index contributed by atoms with van der Waals surface area (Å²) in [5, 5.41) is -0.518. The average molecular weight is 463 g/mol. The van der Waals surface area contributed by atoms with E-state index >= 15 is 4.39 Å². The van der Waals surface area contributed by atoms with E-state index in [4.69, 9.17) is 0 Å². The van der Waals surface area contributed by atoms with E-state index < -0.39 is 46.0 Å². The predicted molar refractivity (Wildman–Crippen MR) is 126 cm³/mol. The van der Waals surface area contributed by atoms with Gasteiger partial charge in [-0.3, -0.25) is 0 Å². The summed E-state index contributed by atoms with van der Waals surface area (Å²) in [5.41, 5.74) is -0.534. The molecule has 0 nitrogen and oxygen atoms in total. The predicted octanol–water partition coefficient (Wildman–Crippen LogP) is 9.54. The Balaban J connectivity index is 1.86. The first-order valence-electron chi connectivity index (χ1n) is 11.8. The van der Waals surface area contributed by atoms with Crippen molar-refractivity contribution < 1.29 is 22.0 Å². The molecule has 0 radical (unpaired) electrons. The molecule has 0 aliphatic heterocycles. The van der Waals surface area contributed by atoms with Gasteiger partial charge in [-0.15, -0.1) is 0 Å². The third-order valence-corrected chi connectivity index (χ3v) is 6.65. The lowest BCUT2D eigenvalue weighted by Crippen LogP contribution is -2.15. The third kappa shape index (κ3) is 5.74. The molecule has 0 unspecified atom stereocenters. The molecule has 0 N–H and O–H groups in total.